The van der Waals surface area contributed by atoms with Crippen LogP contribution in [0, 0.1) is 12.8 Å². The van der Waals surface area contributed by atoms with Gasteiger partial charge in [-0.15, -0.1) is 24.8 Å². The SMILES string of the molecule is Cc1nc(N2CCN(CC3CCNCC3)CC2)c2cnn(C)c2n1.Cl.Cl. The smallest absolute Gasteiger partial charge is 0.163 e. The zero-order chi connectivity index (χ0) is 16.5. The molecule has 0 atom stereocenters. The molecule has 7 nitrogen and oxygen atoms in total. The molecule has 0 bridgehead atoms. The molecule has 0 saturated carbocycles. The van der Waals surface area contributed by atoms with E-state index in [0.717, 1.165) is 54.8 Å². The van der Waals surface area contributed by atoms with E-state index in [0.29, 0.717) is 0 Å². The van der Waals surface area contributed by atoms with Gasteiger partial charge in [0.2, 0.25) is 0 Å². The molecule has 0 aromatic carbocycles. The predicted octanol–water partition coefficient (Wildman–Crippen LogP) is 1.64. The van der Waals surface area contributed by atoms with Crippen molar-refractivity contribution in [1.82, 2.24) is 30.0 Å². The largest absolute Gasteiger partial charge is 0.353 e. The van der Waals surface area contributed by atoms with Crippen LogP contribution in [0.2, 0.25) is 0 Å². The minimum atomic E-state index is 0. The van der Waals surface area contributed by atoms with E-state index in [1.54, 1.807) is 0 Å². The Labute approximate surface area is 167 Å². The van der Waals surface area contributed by atoms with Crippen molar-refractivity contribution >= 4 is 41.7 Å². The Hall–Kier alpha value is -1.15. The van der Waals surface area contributed by atoms with Crippen LogP contribution in [0.4, 0.5) is 5.82 Å². The third-order valence-electron chi connectivity index (χ3n) is 5.33. The zero-order valence-corrected chi connectivity index (χ0v) is 17.2. The van der Waals surface area contributed by atoms with Gasteiger partial charge in [0.1, 0.15) is 11.6 Å². The molecule has 2 aromatic rings. The fourth-order valence-electron chi connectivity index (χ4n) is 3.93. The molecule has 0 aliphatic carbocycles. The van der Waals surface area contributed by atoms with Gasteiger partial charge >= 0.3 is 0 Å². The van der Waals surface area contributed by atoms with E-state index in [4.69, 9.17) is 4.98 Å². The molecule has 2 aliphatic rings. The second-order valence-corrected chi connectivity index (χ2v) is 7.08. The molecule has 1 N–H and O–H groups in total. The molecule has 2 saturated heterocycles. The summed E-state index contributed by atoms with van der Waals surface area (Å²) in [6.07, 6.45) is 4.54. The number of nitrogens with zero attached hydrogens (tertiary/aromatic N) is 6. The Kier molecular flexibility index (Phi) is 7.46. The average molecular weight is 402 g/mol. The second kappa shape index (κ2) is 9.17. The van der Waals surface area contributed by atoms with Gasteiger partial charge in [-0.2, -0.15) is 5.10 Å². The summed E-state index contributed by atoms with van der Waals surface area (Å²) in [5.41, 5.74) is 0.926. The normalized spacial score (nSPS) is 19.2. The lowest BCUT2D eigenvalue weighted by Crippen LogP contribution is -2.49. The number of nitrogens with one attached hydrogen (secondary N) is 1. The number of anilines is 1. The van der Waals surface area contributed by atoms with Gasteiger partial charge in [0.05, 0.1) is 11.6 Å². The van der Waals surface area contributed by atoms with E-state index < -0.39 is 0 Å². The lowest BCUT2D eigenvalue weighted by molar-refractivity contribution is 0.196. The van der Waals surface area contributed by atoms with Gasteiger partial charge in [-0.1, -0.05) is 0 Å². The van der Waals surface area contributed by atoms with Crippen molar-refractivity contribution in [2.24, 2.45) is 13.0 Å². The van der Waals surface area contributed by atoms with E-state index in [2.05, 4.69) is 25.2 Å². The van der Waals surface area contributed by atoms with Gasteiger partial charge in [-0.25, -0.2) is 9.97 Å². The van der Waals surface area contributed by atoms with Crippen LogP contribution in [-0.4, -0.2) is 70.5 Å². The van der Waals surface area contributed by atoms with E-state index in [-0.39, 0.29) is 24.8 Å². The molecule has 4 rings (SSSR count). The van der Waals surface area contributed by atoms with Gasteiger partial charge in [0.25, 0.3) is 0 Å². The number of piperazine rings is 1. The van der Waals surface area contributed by atoms with Crippen LogP contribution in [-0.2, 0) is 7.05 Å². The van der Waals surface area contributed by atoms with Crippen molar-refractivity contribution in [2.75, 3.05) is 50.7 Å². The van der Waals surface area contributed by atoms with Gasteiger partial charge in [-0.05, 0) is 38.8 Å². The first-order valence-corrected chi connectivity index (χ1v) is 9.05. The van der Waals surface area contributed by atoms with Crippen LogP contribution >= 0.6 is 24.8 Å². The molecule has 0 unspecified atom stereocenters. The first-order chi connectivity index (χ1) is 11.7. The Balaban J connectivity index is 0.00000121. The van der Waals surface area contributed by atoms with Gasteiger partial charge in [0, 0.05) is 39.8 Å². The topological polar surface area (TPSA) is 62.1 Å². The molecule has 0 amide bonds. The molecule has 2 aliphatic heterocycles. The van der Waals surface area contributed by atoms with Gasteiger partial charge < -0.3 is 10.2 Å². The minimum Gasteiger partial charge on any atom is -0.353 e. The third kappa shape index (κ3) is 4.39. The van der Waals surface area contributed by atoms with E-state index in [1.807, 2.05) is 24.9 Å². The molecule has 9 heteroatoms. The van der Waals surface area contributed by atoms with Crippen molar-refractivity contribution < 1.29 is 0 Å². The van der Waals surface area contributed by atoms with Gasteiger partial charge in [-0.3, -0.25) is 9.58 Å². The fraction of sp³-hybridized carbons (Fsp3) is 0.706. The Morgan fingerprint density at radius 2 is 1.77 bits per heavy atom. The maximum atomic E-state index is 4.71. The van der Waals surface area contributed by atoms with Crippen molar-refractivity contribution in [3.63, 3.8) is 0 Å². The molecule has 0 spiro atoms. The summed E-state index contributed by atoms with van der Waals surface area (Å²) in [5.74, 6) is 2.73. The molecule has 146 valence electrons. The number of piperidine rings is 1. The number of aryl methyl sites for hydroxylation is 2. The Morgan fingerprint density at radius 1 is 1.08 bits per heavy atom. The van der Waals surface area contributed by atoms with Crippen LogP contribution in [0.5, 0.6) is 0 Å². The number of aromatic nitrogens is 4. The zero-order valence-electron chi connectivity index (χ0n) is 15.5. The summed E-state index contributed by atoms with van der Waals surface area (Å²) in [5, 5.41) is 8.88. The summed E-state index contributed by atoms with van der Waals surface area (Å²) < 4.78 is 1.83. The predicted molar refractivity (Wildman–Crippen MR) is 110 cm³/mol. The average Bonchev–Trinajstić information content (AvgIpc) is 2.97. The third-order valence-corrected chi connectivity index (χ3v) is 5.33. The molecular weight excluding hydrogens is 373 g/mol. The maximum absolute atomic E-state index is 4.71. The summed E-state index contributed by atoms with van der Waals surface area (Å²) in [6, 6.07) is 0. The molecule has 0 radical (unpaired) electrons. The summed E-state index contributed by atoms with van der Waals surface area (Å²) >= 11 is 0. The highest BCUT2D eigenvalue weighted by Gasteiger charge is 2.24. The highest BCUT2D eigenvalue weighted by Crippen LogP contribution is 2.25. The van der Waals surface area contributed by atoms with Crippen molar-refractivity contribution in [3.8, 4) is 0 Å². The van der Waals surface area contributed by atoms with Crippen LogP contribution in [0.25, 0.3) is 11.0 Å². The summed E-state index contributed by atoms with van der Waals surface area (Å²) in [4.78, 5) is 14.3. The molecule has 2 aromatic heterocycles. The van der Waals surface area contributed by atoms with E-state index in [9.17, 15) is 0 Å². The number of fused-ring (bicyclic) bond motifs is 1. The highest BCUT2D eigenvalue weighted by atomic mass is 35.5. The summed E-state index contributed by atoms with van der Waals surface area (Å²) in [6.45, 7) is 9.89. The highest BCUT2D eigenvalue weighted by molar-refractivity contribution is 5.87. The van der Waals surface area contributed by atoms with E-state index >= 15 is 0 Å². The number of hydrogen-bond acceptors (Lipinski definition) is 6. The summed E-state index contributed by atoms with van der Waals surface area (Å²) in [7, 11) is 1.94. The fourth-order valence-corrected chi connectivity index (χ4v) is 3.93. The van der Waals surface area contributed by atoms with Gasteiger partial charge in [0.15, 0.2) is 5.65 Å². The quantitative estimate of drug-likeness (QED) is 0.843. The second-order valence-electron chi connectivity index (χ2n) is 7.08. The standard InChI is InChI=1S/C17H27N7.2ClH/c1-13-20-16-15(11-19-22(16)2)17(21-13)24-9-7-23(8-10-24)12-14-3-5-18-6-4-14;;/h11,14,18H,3-10,12H2,1-2H3;2*1H. The molecule has 26 heavy (non-hydrogen) atoms. The van der Waals surface area contributed by atoms with Crippen molar-refractivity contribution in [1.29, 1.82) is 0 Å². The first kappa shape index (κ1) is 21.2. The lowest BCUT2D eigenvalue weighted by Gasteiger charge is -2.38. The monoisotopic (exact) mass is 401 g/mol. The van der Waals surface area contributed by atoms with Crippen molar-refractivity contribution in [2.45, 2.75) is 19.8 Å². The van der Waals surface area contributed by atoms with Crippen LogP contribution in [0.1, 0.15) is 18.7 Å². The van der Waals surface area contributed by atoms with Crippen molar-refractivity contribution in [3.05, 3.63) is 12.0 Å². The van der Waals surface area contributed by atoms with E-state index in [1.165, 1.54) is 32.5 Å². The maximum Gasteiger partial charge on any atom is 0.163 e. The molecule has 2 fully saturated rings. The number of hydrogen-bond donors (Lipinski definition) is 1. The van der Waals surface area contributed by atoms with Crippen LogP contribution in [0.15, 0.2) is 6.20 Å². The molecule has 4 heterocycles. The number of rotatable bonds is 3. The first-order valence-electron chi connectivity index (χ1n) is 9.05. The minimum absolute atomic E-state index is 0. The Bertz CT molecular complexity index is 706. The lowest BCUT2D eigenvalue weighted by atomic mass is 9.97. The molecular formula is C17H29Cl2N7. The van der Waals surface area contributed by atoms with Crippen LogP contribution in [0.3, 0.4) is 0 Å². The van der Waals surface area contributed by atoms with Crippen LogP contribution < -0.4 is 10.2 Å². The number of halogens is 2. The Morgan fingerprint density at radius 3 is 2.46 bits per heavy atom.